The average Bonchev–Trinajstić information content (AvgIpc) is 3.45. The molecule has 1 N–H and O–H groups in total. The second kappa shape index (κ2) is 9.65. The van der Waals surface area contributed by atoms with E-state index in [0.717, 1.165) is 0 Å². The quantitative estimate of drug-likeness (QED) is 0.612. The lowest BCUT2D eigenvalue weighted by atomic mass is 9.90. The maximum absolute atomic E-state index is 15.6. The number of sulfonamides is 1. The van der Waals surface area contributed by atoms with Crippen molar-refractivity contribution in [2.24, 2.45) is 7.05 Å². The van der Waals surface area contributed by atoms with Crippen LogP contribution in [0.2, 0.25) is 0 Å². The van der Waals surface area contributed by atoms with Crippen molar-refractivity contribution in [1.29, 1.82) is 0 Å². The summed E-state index contributed by atoms with van der Waals surface area (Å²) in [6.07, 6.45) is 4.57. The first-order valence-corrected chi connectivity index (χ1v) is 12.1. The summed E-state index contributed by atoms with van der Waals surface area (Å²) in [7, 11) is -2.10. The maximum atomic E-state index is 15.6. The summed E-state index contributed by atoms with van der Waals surface area (Å²) < 4.78 is 59.7. The Morgan fingerprint density at radius 3 is 2.24 bits per heavy atom. The van der Waals surface area contributed by atoms with Gasteiger partial charge in [-0.25, -0.2) is 13.4 Å². The summed E-state index contributed by atoms with van der Waals surface area (Å²) in [5.41, 5.74) is -1.36. The number of nitrogens with zero attached hydrogens (tertiary/aromatic N) is 4. The van der Waals surface area contributed by atoms with Gasteiger partial charge in [0.05, 0.1) is 6.33 Å². The van der Waals surface area contributed by atoms with Gasteiger partial charge in [0.2, 0.25) is 0 Å². The third-order valence-electron chi connectivity index (χ3n) is 6.45. The lowest BCUT2D eigenvalue weighted by Gasteiger charge is -2.48. The van der Waals surface area contributed by atoms with Gasteiger partial charge in [0.25, 0.3) is 15.9 Å². The van der Waals surface area contributed by atoms with E-state index in [9.17, 15) is 13.2 Å². The van der Waals surface area contributed by atoms with Gasteiger partial charge in [-0.3, -0.25) is 15.0 Å². The zero-order valence-corrected chi connectivity index (χ0v) is 19.9. The maximum Gasteiger partial charge on any atom is 0.343 e. The predicted octanol–water partition coefficient (Wildman–Crippen LogP) is 2.48. The minimum Gasteiger partial charge on any atom is -0.339 e. The molecule has 2 heterocycles. The number of imidazole rings is 1. The van der Waals surface area contributed by atoms with Crippen LogP contribution in [0.25, 0.3) is 0 Å². The first-order valence-electron chi connectivity index (χ1n) is 10.6. The highest BCUT2D eigenvalue weighted by molar-refractivity contribution is 7.89. The number of benzene rings is 1. The number of piperazine rings is 1. The summed E-state index contributed by atoms with van der Waals surface area (Å²) in [5.74, 6) is -0.821. The number of aryl methyl sites for hydroxylation is 1. The van der Waals surface area contributed by atoms with Crippen molar-refractivity contribution in [2.45, 2.75) is 42.3 Å². The smallest absolute Gasteiger partial charge is 0.339 e. The molecule has 0 radical (unpaired) electrons. The molecule has 0 unspecified atom stereocenters. The average molecular weight is 504 g/mol. The molecule has 2 aliphatic rings. The van der Waals surface area contributed by atoms with Gasteiger partial charge >= 0.3 is 6.05 Å². The van der Waals surface area contributed by atoms with Gasteiger partial charge in [0.1, 0.15) is 5.54 Å². The zero-order valence-electron chi connectivity index (χ0n) is 18.3. The molecule has 1 saturated carbocycles. The molecule has 0 spiro atoms. The fourth-order valence-electron chi connectivity index (χ4n) is 4.72. The number of halogens is 3. The minimum atomic E-state index is -3.78. The van der Waals surface area contributed by atoms with Gasteiger partial charge in [0.15, 0.2) is 5.03 Å². The Kier molecular flexibility index (Phi) is 7.47. The molecule has 182 valence electrons. The molecule has 8 nitrogen and oxygen atoms in total. The Labute approximate surface area is 198 Å². The van der Waals surface area contributed by atoms with Crippen LogP contribution in [0.3, 0.4) is 0 Å². The number of hydrogen-bond donors (Lipinski definition) is 1. The fourth-order valence-corrected chi connectivity index (χ4v) is 6.11. The third kappa shape index (κ3) is 4.77. The van der Waals surface area contributed by atoms with Gasteiger partial charge in [-0.2, -0.15) is 13.1 Å². The van der Waals surface area contributed by atoms with E-state index in [-0.39, 0.29) is 62.0 Å². The first kappa shape index (κ1) is 25.5. The lowest BCUT2D eigenvalue weighted by Crippen LogP contribution is -2.68. The standard InChI is InChI=1S/C21H27F2N5O3S.ClH/c1-26-15-18(24-16-26)32(30,31)28-13-11-27(12-14-28)20(9-5-6-10-20)21(22,23)25-19(29)17-7-3-2-4-8-17;/h2-4,7-8,15-16H,5-6,9-14H2,1H3,(H,25,29);1H. The van der Waals surface area contributed by atoms with Crippen molar-refractivity contribution in [3.05, 3.63) is 48.4 Å². The largest absolute Gasteiger partial charge is 0.343 e. The van der Waals surface area contributed by atoms with Crippen molar-refractivity contribution < 1.29 is 22.0 Å². The molecule has 1 aromatic heterocycles. The molecule has 1 amide bonds. The van der Waals surface area contributed by atoms with Gasteiger partial charge in [-0.05, 0) is 25.0 Å². The molecule has 12 heteroatoms. The number of rotatable bonds is 6. The summed E-state index contributed by atoms with van der Waals surface area (Å²) in [4.78, 5) is 18.1. The molecule has 1 aliphatic heterocycles. The molecule has 0 atom stereocenters. The highest BCUT2D eigenvalue weighted by atomic mass is 35.5. The van der Waals surface area contributed by atoms with Crippen molar-refractivity contribution in [2.75, 3.05) is 26.2 Å². The van der Waals surface area contributed by atoms with Crippen molar-refractivity contribution in [3.63, 3.8) is 0 Å². The van der Waals surface area contributed by atoms with Gasteiger partial charge in [-0.1, -0.05) is 31.0 Å². The zero-order chi connectivity index (χ0) is 23.0. The van der Waals surface area contributed by atoms with Crippen LogP contribution in [-0.4, -0.2) is 70.8 Å². The van der Waals surface area contributed by atoms with Crippen LogP contribution in [-0.2, 0) is 17.1 Å². The number of carbonyl (C=O) groups is 1. The van der Waals surface area contributed by atoms with Crippen molar-refractivity contribution in [3.8, 4) is 0 Å². The Morgan fingerprint density at radius 1 is 1.09 bits per heavy atom. The van der Waals surface area contributed by atoms with Gasteiger partial charge in [-0.15, -0.1) is 12.4 Å². The Hall–Kier alpha value is -2.08. The van der Waals surface area contributed by atoms with E-state index in [1.54, 1.807) is 34.7 Å². The number of hydrogen-bond acceptors (Lipinski definition) is 5. The van der Waals surface area contributed by atoms with Crippen LogP contribution in [0.4, 0.5) is 8.78 Å². The first-order chi connectivity index (χ1) is 15.2. The van der Waals surface area contributed by atoms with Crippen LogP contribution in [0.1, 0.15) is 36.0 Å². The molecule has 2 fully saturated rings. The molecule has 4 rings (SSSR count). The van der Waals surface area contributed by atoms with E-state index in [1.165, 1.54) is 29.0 Å². The molecule has 1 saturated heterocycles. The van der Waals surface area contributed by atoms with E-state index in [0.29, 0.717) is 12.8 Å². The molecular weight excluding hydrogens is 476 g/mol. The number of carbonyl (C=O) groups excluding carboxylic acids is 1. The molecule has 1 aromatic carbocycles. The Bertz CT molecular complexity index is 1070. The SMILES string of the molecule is Cl.Cn1cnc(S(=O)(=O)N2CCN(C3(C(F)(F)NC(=O)c4ccccc4)CCCC3)CC2)c1. The number of nitrogens with one attached hydrogen (secondary N) is 1. The highest BCUT2D eigenvalue weighted by Crippen LogP contribution is 2.45. The van der Waals surface area contributed by atoms with Crippen LogP contribution >= 0.6 is 12.4 Å². The van der Waals surface area contributed by atoms with Gasteiger partial charge in [0, 0.05) is 45.0 Å². The molecule has 33 heavy (non-hydrogen) atoms. The molecule has 0 bridgehead atoms. The second-order valence-electron chi connectivity index (χ2n) is 8.40. The highest BCUT2D eigenvalue weighted by Gasteiger charge is 2.59. The fraction of sp³-hybridized carbons (Fsp3) is 0.524. The Morgan fingerprint density at radius 2 is 1.70 bits per heavy atom. The van der Waals surface area contributed by atoms with Crippen LogP contribution in [0.15, 0.2) is 47.9 Å². The number of aromatic nitrogens is 2. The van der Waals surface area contributed by atoms with E-state index < -0.39 is 27.5 Å². The van der Waals surface area contributed by atoms with Crippen molar-refractivity contribution in [1.82, 2.24) is 24.1 Å². The summed E-state index contributed by atoms with van der Waals surface area (Å²) >= 11 is 0. The normalized spacial score (nSPS) is 19.7. The lowest BCUT2D eigenvalue weighted by molar-refractivity contribution is -0.162. The van der Waals surface area contributed by atoms with E-state index in [4.69, 9.17) is 0 Å². The second-order valence-corrected chi connectivity index (χ2v) is 10.3. The predicted molar refractivity (Wildman–Crippen MR) is 121 cm³/mol. The number of alkyl halides is 2. The molecular formula is C21H28ClF2N5O3S. The summed E-state index contributed by atoms with van der Waals surface area (Å²) in [6.45, 7) is 0.485. The molecule has 1 aliphatic carbocycles. The van der Waals surface area contributed by atoms with Crippen molar-refractivity contribution >= 4 is 28.3 Å². The molecule has 2 aromatic rings. The van der Waals surface area contributed by atoms with Crippen LogP contribution in [0.5, 0.6) is 0 Å². The topological polar surface area (TPSA) is 87.5 Å². The van der Waals surface area contributed by atoms with E-state index in [2.05, 4.69) is 4.98 Å². The Balaban J connectivity index is 0.00000306. The van der Waals surface area contributed by atoms with Gasteiger partial charge < -0.3 is 4.57 Å². The minimum absolute atomic E-state index is 0. The summed E-state index contributed by atoms with van der Waals surface area (Å²) in [6, 6.07) is 4.49. The van der Waals surface area contributed by atoms with E-state index >= 15 is 8.78 Å². The number of amides is 1. The third-order valence-corrected chi connectivity index (χ3v) is 8.24. The monoisotopic (exact) mass is 503 g/mol. The van der Waals surface area contributed by atoms with E-state index in [1.807, 2.05) is 5.32 Å². The summed E-state index contributed by atoms with van der Waals surface area (Å²) in [5, 5.41) is 1.91. The van der Waals surface area contributed by atoms with Crippen LogP contribution < -0.4 is 5.32 Å². The van der Waals surface area contributed by atoms with Crippen LogP contribution in [0, 0.1) is 0 Å².